The first-order valence-corrected chi connectivity index (χ1v) is 12.3. The molecule has 0 unspecified atom stereocenters. The Morgan fingerprint density at radius 1 is 0.939 bits per heavy atom. The molecule has 0 saturated heterocycles. The zero-order valence-electron chi connectivity index (χ0n) is 18.5. The van der Waals surface area contributed by atoms with Crippen molar-refractivity contribution in [2.75, 3.05) is 24.3 Å². The number of benzene rings is 3. The first kappa shape index (κ1) is 21.4. The summed E-state index contributed by atoms with van der Waals surface area (Å²) in [6.07, 6.45) is 5.33. The summed E-state index contributed by atoms with van der Waals surface area (Å²) < 4.78 is 39.4. The predicted octanol–water partition coefficient (Wildman–Crippen LogP) is 5.33. The quantitative estimate of drug-likeness (QED) is 0.484. The van der Waals surface area contributed by atoms with Crippen LogP contribution in [-0.2, 0) is 10.0 Å². The Bertz CT molecular complexity index is 1300. The maximum atomic E-state index is 13.1. The molecule has 1 heterocycles. The van der Waals surface area contributed by atoms with Crippen molar-refractivity contribution in [2.45, 2.75) is 23.3 Å². The molecule has 5 rings (SSSR count). The number of fused-ring (bicyclic) bond motifs is 3. The molecule has 6 nitrogen and oxygen atoms in total. The summed E-state index contributed by atoms with van der Waals surface area (Å²) in [7, 11) is -0.532. The van der Waals surface area contributed by atoms with Crippen LogP contribution in [0, 0.1) is 5.92 Å². The lowest BCUT2D eigenvalue weighted by Gasteiger charge is -2.37. The average Bonchev–Trinajstić information content (AvgIpc) is 3.33. The van der Waals surface area contributed by atoms with Gasteiger partial charge in [-0.2, -0.15) is 0 Å². The maximum absolute atomic E-state index is 13.1. The van der Waals surface area contributed by atoms with Crippen LogP contribution in [0.2, 0.25) is 0 Å². The number of hydrogen-bond acceptors (Lipinski definition) is 5. The fraction of sp³-hybridized carbons (Fsp3) is 0.231. The molecule has 2 N–H and O–H groups in total. The van der Waals surface area contributed by atoms with Gasteiger partial charge in [0.1, 0.15) is 11.5 Å². The lowest BCUT2D eigenvalue weighted by atomic mass is 9.77. The molecule has 1 aliphatic carbocycles. The summed E-state index contributed by atoms with van der Waals surface area (Å²) in [6.45, 7) is 0. The molecule has 33 heavy (non-hydrogen) atoms. The second kappa shape index (κ2) is 8.48. The van der Waals surface area contributed by atoms with Crippen molar-refractivity contribution in [2.24, 2.45) is 5.92 Å². The first-order valence-electron chi connectivity index (χ1n) is 10.9. The van der Waals surface area contributed by atoms with Gasteiger partial charge in [0.15, 0.2) is 0 Å². The summed E-state index contributed by atoms with van der Waals surface area (Å²) in [6, 6.07) is 20.5. The maximum Gasteiger partial charge on any atom is 0.261 e. The minimum absolute atomic E-state index is 0.140. The van der Waals surface area contributed by atoms with E-state index in [0.29, 0.717) is 17.4 Å². The van der Waals surface area contributed by atoms with Gasteiger partial charge in [-0.25, -0.2) is 8.42 Å². The number of rotatable bonds is 6. The lowest BCUT2D eigenvalue weighted by molar-refractivity contribution is 0.411. The Kier molecular flexibility index (Phi) is 5.50. The molecule has 3 atom stereocenters. The Morgan fingerprint density at radius 2 is 1.73 bits per heavy atom. The lowest BCUT2D eigenvalue weighted by Crippen LogP contribution is -2.29. The van der Waals surface area contributed by atoms with E-state index in [1.807, 2.05) is 18.2 Å². The van der Waals surface area contributed by atoms with E-state index in [9.17, 15) is 8.42 Å². The molecule has 1 aliphatic heterocycles. The zero-order chi connectivity index (χ0) is 23.0. The normalized spacial score (nSPS) is 21.0. The highest BCUT2D eigenvalue weighted by Gasteiger charge is 2.38. The van der Waals surface area contributed by atoms with Gasteiger partial charge in [0.2, 0.25) is 0 Å². The van der Waals surface area contributed by atoms with Crippen LogP contribution in [0.5, 0.6) is 11.5 Å². The molecule has 170 valence electrons. The van der Waals surface area contributed by atoms with Gasteiger partial charge in [0, 0.05) is 17.7 Å². The molecule has 3 aromatic rings. The van der Waals surface area contributed by atoms with E-state index in [2.05, 4.69) is 34.3 Å². The average molecular weight is 463 g/mol. The minimum atomic E-state index is -3.75. The number of methoxy groups -OCH3 is 2. The monoisotopic (exact) mass is 462 g/mol. The van der Waals surface area contributed by atoms with E-state index in [4.69, 9.17) is 9.47 Å². The van der Waals surface area contributed by atoms with Crippen LogP contribution in [0.15, 0.2) is 83.8 Å². The SMILES string of the molecule is COc1ccc([C@H]2Nc3ccc(S(=O)(=O)Nc4cccc(OC)c4)cc3[C@H]3C=CC[C@H]32)cc1. The van der Waals surface area contributed by atoms with Crippen LogP contribution < -0.4 is 19.5 Å². The smallest absolute Gasteiger partial charge is 0.261 e. The number of hydrogen-bond donors (Lipinski definition) is 2. The van der Waals surface area contributed by atoms with Crippen LogP contribution in [0.1, 0.15) is 29.5 Å². The van der Waals surface area contributed by atoms with Crippen LogP contribution in [0.4, 0.5) is 11.4 Å². The van der Waals surface area contributed by atoms with Crippen LogP contribution in [-0.4, -0.2) is 22.6 Å². The Hall–Kier alpha value is -3.45. The summed E-state index contributed by atoms with van der Waals surface area (Å²) in [5, 5.41) is 3.65. The Morgan fingerprint density at radius 3 is 2.48 bits per heavy atom. The molecule has 0 fully saturated rings. The summed E-state index contributed by atoms with van der Waals surface area (Å²) in [5.74, 6) is 1.89. The molecular formula is C26H26N2O4S. The van der Waals surface area contributed by atoms with E-state index < -0.39 is 10.0 Å². The number of anilines is 2. The fourth-order valence-electron chi connectivity index (χ4n) is 4.78. The summed E-state index contributed by atoms with van der Waals surface area (Å²) >= 11 is 0. The van der Waals surface area contributed by atoms with Crippen molar-refractivity contribution >= 4 is 21.4 Å². The molecule has 0 radical (unpaired) electrons. The van der Waals surface area contributed by atoms with E-state index in [-0.39, 0.29) is 16.9 Å². The molecule has 2 aliphatic rings. The van der Waals surface area contributed by atoms with Crippen molar-refractivity contribution < 1.29 is 17.9 Å². The first-order chi connectivity index (χ1) is 16.0. The van der Waals surface area contributed by atoms with E-state index >= 15 is 0 Å². The van der Waals surface area contributed by atoms with Gasteiger partial charge in [-0.1, -0.05) is 30.4 Å². The van der Waals surface area contributed by atoms with Gasteiger partial charge in [-0.15, -0.1) is 0 Å². The Balaban J connectivity index is 1.46. The van der Waals surface area contributed by atoms with Gasteiger partial charge in [0.25, 0.3) is 10.0 Å². The fourth-order valence-corrected chi connectivity index (χ4v) is 5.87. The van der Waals surface area contributed by atoms with E-state index in [0.717, 1.165) is 23.4 Å². The van der Waals surface area contributed by atoms with Crippen LogP contribution >= 0.6 is 0 Å². The third-order valence-electron chi connectivity index (χ3n) is 6.44. The van der Waals surface area contributed by atoms with Crippen LogP contribution in [0.25, 0.3) is 0 Å². The van der Waals surface area contributed by atoms with Crippen molar-refractivity contribution in [1.29, 1.82) is 0 Å². The third kappa shape index (κ3) is 4.04. The van der Waals surface area contributed by atoms with Gasteiger partial charge >= 0.3 is 0 Å². The standard InChI is InChI=1S/C26H26N2O4S/c1-31-19-11-9-17(10-12-19)26-23-8-4-7-22(23)24-16-21(13-14-25(24)27-26)33(29,30)28-18-5-3-6-20(15-18)32-2/h3-7,9-16,22-23,26-28H,8H2,1-2H3/t22-,23+,26+/m0/s1. The highest BCUT2D eigenvalue weighted by Crippen LogP contribution is 2.50. The second-order valence-electron chi connectivity index (χ2n) is 8.34. The van der Waals surface area contributed by atoms with Gasteiger partial charge in [0.05, 0.1) is 30.8 Å². The second-order valence-corrected chi connectivity index (χ2v) is 10.0. The van der Waals surface area contributed by atoms with Crippen molar-refractivity contribution in [3.8, 4) is 11.5 Å². The molecule has 7 heteroatoms. The molecule has 0 amide bonds. The van der Waals surface area contributed by atoms with Gasteiger partial charge < -0.3 is 14.8 Å². The van der Waals surface area contributed by atoms with Crippen molar-refractivity contribution in [3.63, 3.8) is 0 Å². The predicted molar refractivity (Wildman–Crippen MR) is 130 cm³/mol. The third-order valence-corrected chi connectivity index (χ3v) is 7.82. The molecule has 0 bridgehead atoms. The highest BCUT2D eigenvalue weighted by atomic mass is 32.2. The number of nitrogens with one attached hydrogen (secondary N) is 2. The largest absolute Gasteiger partial charge is 0.497 e. The van der Waals surface area contributed by atoms with E-state index in [1.54, 1.807) is 50.6 Å². The molecular weight excluding hydrogens is 436 g/mol. The van der Waals surface area contributed by atoms with Gasteiger partial charge in [-0.05, 0) is 65.9 Å². The number of allylic oxidation sites excluding steroid dienone is 2. The van der Waals surface area contributed by atoms with Crippen molar-refractivity contribution in [1.82, 2.24) is 0 Å². The summed E-state index contributed by atoms with van der Waals surface area (Å²) in [4.78, 5) is 0.243. The molecule has 0 aromatic heterocycles. The van der Waals surface area contributed by atoms with Crippen molar-refractivity contribution in [3.05, 3.63) is 90.0 Å². The minimum Gasteiger partial charge on any atom is -0.497 e. The molecule has 0 saturated carbocycles. The number of ether oxygens (including phenoxy) is 2. The van der Waals surface area contributed by atoms with Crippen LogP contribution in [0.3, 0.4) is 0 Å². The van der Waals surface area contributed by atoms with E-state index in [1.165, 1.54) is 5.56 Å². The van der Waals surface area contributed by atoms with Gasteiger partial charge in [-0.3, -0.25) is 4.72 Å². The number of sulfonamides is 1. The summed E-state index contributed by atoms with van der Waals surface area (Å²) in [5.41, 5.74) is 3.62. The molecule has 3 aromatic carbocycles. The Labute approximate surface area is 194 Å². The highest BCUT2D eigenvalue weighted by molar-refractivity contribution is 7.92. The zero-order valence-corrected chi connectivity index (χ0v) is 19.3. The topological polar surface area (TPSA) is 76.7 Å². The molecule has 0 spiro atoms.